The molecule has 0 spiro atoms. The van der Waals surface area contributed by atoms with Crippen LogP contribution in [0.2, 0.25) is 0 Å². The molecule has 1 nitrogen and oxygen atoms in total. The van der Waals surface area contributed by atoms with Gasteiger partial charge < -0.3 is 5.73 Å². The topological polar surface area (TPSA) is 26.0 Å². The Bertz CT molecular complexity index is 380. The van der Waals surface area contributed by atoms with Crippen molar-refractivity contribution in [1.82, 2.24) is 0 Å². The fourth-order valence-corrected chi connectivity index (χ4v) is 4.71. The summed E-state index contributed by atoms with van der Waals surface area (Å²) >= 11 is 5.37. The average Bonchev–Trinajstić information content (AvgIpc) is 2.44. The first-order chi connectivity index (χ1) is 7.28. The van der Waals surface area contributed by atoms with Crippen LogP contribution in [0, 0.1) is 16.7 Å². The highest BCUT2D eigenvalue weighted by Crippen LogP contribution is 2.69. The molecule has 1 aliphatic carbocycles. The highest BCUT2D eigenvalue weighted by molar-refractivity contribution is 9.10. The smallest absolute Gasteiger partial charge is 0.0314 e. The Balaban J connectivity index is 2.07. The van der Waals surface area contributed by atoms with Crippen LogP contribution in [0.25, 0.3) is 0 Å². The number of hydrogen-bond donors (Lipinski definition) is 1. The van der Waals surface area contributed by atoms with Gasteiger partial charge in [0.2, 0.25) is 0 Å². The highest BCUT2D eigenvalue weighted by Gasteiger charge is 2.66. The molecule has 1 aliphatic rings. The van der Waals surface area contributed by atoms with Gasteiger partial charge in [-0.1, -0.05) is 27.7 Å². The summed E-state index contributed by atoms with van der Waals surface area (Å²) in [5.74, 6) is 0.633. The van der Waals surface area contributed by atoms with Crippen LogP contribution in [0.4, 0.5) is 0 Å². The average molecular weight is 302 g/mol. The minimum Gasteiger partial charge on any atom is -0.327 e. The monoisotopic (exact) mass is 301 g/mol. The number of hydrogen-bond acceptors (Lipinski definition) is 2. The van der Waals surface area contributed by atoms with Gasteiger partial charge in [-0.15, -0.1) is 11.3 Å². The molecule has 1 fully saturated rings. The Labute approximate surface area is 111 Å². The van der Waals surface area contributed by atoms with E-state index in [0.29, 0.717) is 16.7 Å². The van der Waals surface area contributed by atoms with Crippen LogP contribution in [0.3, 0.4) is 0 Å². The van der Waals surface area contributed by atoms with Gasteiger partial charge in [0.05, 0.1) is 0 Å². The molecule has 2 N–H and O–H groups in total. The molecule has 1 heterocycles. The van der Waals surface area contributed by atoms with Crippen molar-refractivity contribution in [2.24, 2.45) is 22.5 Å². The third-order valence-electron chi connectivity index (χ3n) is 4.67. The fourth-order valence-electron chi connectivity index (χ4n) is 3.12. The molecule has 2 rings (SSSR count). The Kier molecular flexibility index (Phi) is 3.01. The van der Waals surface area contributed by atoms with E-state index in [2.05, 4.69) is 55.1 Å². The van der Waals surface area contributed by atoms with Crippen LogP contribution in [-0.4, -0.2) is 6.04 Å². The SMILES string of the molecule is CC1(C)C(C(N)Cc2sccc2Br)C1(C)C. The largest absolute Gasteiger partial charge is 0.327 e. The summed E-state index contributed by atoms with van der Waals surface area (Å²) in [5.41, 5.74) is 7.15. The maximum absolute atomic E-state index is 6.38. The maximum Gasteiger partial charge on any atom is 0.0314 e. The minimum absolute atomic E-state index is 0.278. The molecule has 1 unspecified atom stereocenters. The van der Waals surface area contributed by atoms with E-state index in [-0.39, 0.29) is 6.04 Å². The van der Waals surface area contributed by atoms with Crippen molar-refractivity contribution in [3.63, 3.8) is 0 Å². The molecule has 1 atom stereocenters. The number of nitrogens with two attached hydrogens (primary N) is 1. The summed E-state index contributed by atoms with van der Waals surface area (Å²) in [5, 5.41) is 2.12. The van der Waals surface area contributed by atoms with Crippen LogP contribution in [0.1, 0.15) is 32.6 Å². The van der Waals surface area contributed by atoms with E-state index in [1.54, 1.807) is 11.3 Å². The number of rotatable bonds is 3. The molecule has 0 radical (unpaired) electrons. The maximum atomic E-state index is 6.38. The van der Waals surface area contributed by atoms with Gasteiger partial charge in [0.25, 0.3) is 0 Å². The van der Waals surface area contributed by atoms with E-state index in [1.807, 2.05) is 0 Å². The summed E-state index contributed by atoms with van der Waals surface area (Å²) in [4.78, 5) is 1.38. The third kappa shape index (κ3) is 1.77. The summed E-state index contributed by atoms with van der Waals surface area (Å²) in [6.45, 7) is 9.34. The zero-order valence-electron chi connectivity index (χ0n) is 10.4. The summed E-state index contributed by atoms with van der Waals surface area (Å²) in [6, 6.07) is 2.38. The van der Waals surface area contributed by atoms with Gasteiger partial charge in [-0.25, -0.2) is 0 Å². The highest BCUT2D eigenvalue weighted by atomic mass is 79.9. The molecule has 0 aromatic carbocycles. The van der Waals surface area contributed by atoms with E-state index in [1.165, 1.54) is 9.35 Å². The van der Waals surface area contributed by atoms with E-state index < -0.39 is 0 Å². The molecule has 90 valence electrons. The second-order valence-electron chi connectivity index (χ2n) is 5.98. The standard InChI is InChI=1S/C13H20BrNS/c1-12(2)11(13(12,3)4)9(15)7-10-8(14)5-6-16-10/h5-6,9,11H,7,15H2,1-4H3. The lowest BCUT2D eigenvalue weighted by atomic mass is 10.0. The van der Waals surface area contributed by atoms with Gasteiger partial charge in [-0.05, 0) is 50.5 Å². The first-order valence-corrected chi connectivity index (χ1v) is 7.43. The third-order valence-corrected chi connectivity index (χ3v) is 6.62. The predicted octanol–water partition coefficient (Wildman–Crippen LogP) is 4.06. The number of halogens is 1. The molecule has 0 bridgehead atoms. The normalized spacial score (nSPS) is 24.4. The van der Waals surface area contributed by atoms with Crippen molar-refractivity contribution in [2.45, 2.75) is 40.2 Å². The van der Waals surface area contributed by atoms with Crippen molar-refractivity contribution in [1.29, 1.82) is 0 Å². The lowest BCUT2D eigenvalue weighted by molar-refractivity contribution is 0.457. The van der Waals surface area contributed by atoms with Crippen LogP contribution in [0.15, 0.2) is 15.9 Å². The van der Waals surface area contributed by atoms with Crippen LogP contribution in [0.5, 0.6) is 0 Å². The van der Waals surface area contributed by atoms with Crippen molar-refractivity contribution >= 4 is 27.3 Å². The Morgan fingerprint density at radius 1 is 1.38 bits per heavy atom. The fraction of sp³-hybridized carbons (Fsp3) is 0.692. The van der Waals surface area contributed by atoms with Gasteiger partial charge in [0, 0.05) is 15.4 Å². The first-order valence-electron chi connectivity index (χ1n) is 5.76. The molecular formula is C13H20BrNS. The Morgan fingerprint density at radius 2 is 1.94 bits per heavy atom. The lowest BCUT2D eigenvalue weighted by Gasteiger charge is -2.13. The predicted molar refractivity (Wildman–Crippen MR) is 74.8 cm³/mol. The molecule has 1 aromatic rings. The van der Waals surface area contributed by atoms with Crippen LogP contribution < -0.4 is 5.73 Å². The van der Waals surface area contributed by atoms with E-state index in [4.69, 9.17) is 5.73 Å². The minimum atomic E-state index is 0.278. The van der Waals surface area contributed by atoms with Gasteiger partial charge in [0.1, 0.15) is 0 Å². The van der Waals surface area contributed by atoms with Gasteiger partial charge in [-0.2, -0.15) is 0 Å². The van der Waals surface area contributed by atoms with Crippen molar-refractivity contribution in [2.75, 3.05) is 0 Å². The van der Waals surface area contributed by atoms with Crippen molar-refractivity contribution < 1.29 is 0 Å². The van der Waals surface area contributed by atoms with Gasteiger partial charge in [-0.3, -0.25) is 0 Å². The van der Waals surface area contributed by atoms with Gasteiger partial charge >= 0.3 is 0 Å². The van der Waals surface area contributed by atoms with Crippen molar-refractivity contribution in [3.8, 4) is 0 Å². The summed E-state index contributed by atoms with van der Waals surface area (Å²) < 4.78 is 1.21. The Hall–Kier alpha value is 0.140. The number of thiophene rings is 1. The molecule has 16 heavy (non-hydrogen) atoms. The second-order valence-corrected chi connectivity index (χ2v) is 7.84. The summed E-state index contributed by atoms with van der Waals surface area (Å²) in [6.07, 6.45) is 0.996. The molecule has 0 aliphatic heterocycles. The van der Waals surface area contributed by atoms with Crippen molar-refractivity contribution in [3.05, 3.63) is 20.8 Å². The zero-order valence-corrected chi connectivity index (χ0v) is 12.8. The van der Waals surface area contributed by atoms with E-state index >= 15 is 0 Å². The molecule has 1 saturated carbocycles. The lowest BCUT2D eigenvalue weighted by Crippen LogP contribution is -2.28. The van der Waals surface area contributed by atoms with E-state index in [0.717, 1.165) is 6.42 Å². The quantitative estimate of drug-likeness (QED) is 0.895. The van der Waals surface area contributed by atoms with Crippen LogP contribution in [-0.2, 0) is 6.42 Å². The molecule has 1 aromatic heterocycles. The van der Waals surface area contributed by atoms with Gasteiger partial charge in [0.15, 0.2) is 0 Å². The molecule has 0 saturated heterocycles. The summed E-state index contributed by atoms with van der Waals surface area (Å²) in [7, 11) is 0. The zero-order chi connectivity index (χ0) is 12.1. The second kappa shape index (κ2) is 3.82. The van der Waals surface area contributed by atoms with Crippen LogP contribution >= 0.6 is 27.3 Å². The molecule has 3 heteroatoms. The Morgan fingerprint density at radius 3 is 2.31 bits per heavy atom. The first kappa shape index (κ1) is 12.6. The molecular weight excluding hydrogens is 282 g/mol. The molecule has 0 amide bonds. The van der Waals surface area contributed by atoms with E-state index in [9.17, 15) is 0 Å².